The highest BCUT2D eigenvalue weighted by Gasteiger charge is 2.61. The number of hydrogen-bond acceptors (Lipinski definition) is 1. The maximum atomic E-state index is 11.6. The summed E-state index contributed by atoms with van der Waals surface area (Å²) in [6.45, 7) is 7.12. The van der Waals surface area contributed by atoms with E-state index in [9.17, 15) is 4.57 Å². The first-order chi connectivity index (χ1) is 7.46. The third kappa shape index (κ3) is 1.30. The summed E-state index contributed by atoms with van der Waals surface area (Å²) in [7, 11) is 0.433. The summed E-state index contributed by atoms with van der Waals surface area (Å²) in [4.78, 5) is 0. The Labute approximate surface area is 101 Å². The summed E-state index contributed by atoms with van der Waals surface area (Å²) in [5.74, 6) is 2.68. The molecule has 4 bridgehead atoms. The zero-order valence-corrected chi connectivity index (χ0v) is 11.6. The molecule has 3 atom stereocenters. The Bertz CT molecular complexity index is 303. The first-order valence-electron chi connectivity index (χ1n) is 6.79. The molecule has 3 unspecified atom stereocenters. The normalized spacial score (nSPS) is 51.2. The molecule has 4 saturated carbocycles. The molecule has 2 heteroatoms. The molecule has 0 saturated heterocycles. The summed E-state index contributed by atoms with van der Waals surface area (Å²) in [5.41, 5.74) is 1.16. The Hall–Kier alpha value is 0.100. The third-order valence-corrected chi connectivity index (χ3v) is 7.01. The molecular weight excluding hydrogens is 215 g/mol. The monoisotopic (exact) mass is 238 g/mol. The average Bonchev–Trinajstić information content (AvgIpc) is 2.14. The van der Waals surface area contributed by atoms with E-state index in [1.54, 1.807) is 0 Å². The molecule has 4 aliphatic carbocycles. The lowest BCUT2D eigenvalue weighted by Gasteiger charge is -2.64. The van der Waals surface area contributed by atoms with Crippen molar-refractivity contribution in [3.8, 4) is 0 Å². The highest BCUT2D eigenvalue weighted by atomic mass is 31.1. The van der Waals surface area contributed by atoms with Crippen molar-refractivity contribution in [2.75, 3.05) is 0 Å². The molecule has 1 nitrogen and oxygen atoms in total. The first kappa shape index (κ1) is 11.2. The molecule has 4 aliphatic rings. The van der Waals surface area contributed by atoms with Crippen LogP contribution in [0.2, 0.25) is 0 Å². The summed E-state index contributed by atoms with van der Waals surface area (Å²) in [6.07, 6.45) is 6.91. The van der Waals surface area contributed by atoms with Crippen LogP contribution < -0.4 is 0 Å². The van der Waals surface area contributed by atoms with Crippen molar-refractivity contribution in [3.63, 3.8) is 0 Å². The summed E-state index contributed by atoms with van der Waals surface area (Å²) in [5, 5.41) is 0. The lowest BCUT2D eigenvalue weighted by Crippen LogP contribution is -2.58. The van der Waals surface area contributed by atoms with Crippen LogP contribution >= 0.6 is 8.46 Å². The van der Waals surface area contributed by atoms with Gasteiger partial charge in [0.15, 0.2) is 8.46 Å². The second-order valence-electron chi connectivity index (χ2n) is 7.56. The van der Waals surface area contributed by atoms with E-state index in [1.807, 2.05) is 0 Å². The lowest BCUT2D eigenvalue weighted by molar-refractivity contribution is -0.107. The van der Waals surface area contributed by atoms with Gasteiger partial charge in [0.25, 0.3) is 0 Å². The lowest BCUT2D eigenvalue weighted by atomic mass is 9.43. The van der Waals surface area contributed by atoms with Gasteiger partial charge in [-0.1, -0.05) is 20.8 Å². The minimum absolute atomic E-state index is 0.324. The Balaban J connectivity index is 2.04. The molecule has 0 aromatic rings. The Morgan fingerprint density at radius 3 is 2.06 bits per heavy atom. The standard InChI is InChI=1S/C14H23OP/c1-13(2,3)14-7-9-4-10(8-14)6-11(5-9)12(14)16-15/h9-12H,4-8H2,1-3H3. The topological polar surface area (TPSA) is 17.1 Å². The average molecular weight is 238 g/mol. The summed E-state index contributed by atoms with van der Waals surface area (Å²) >= 11 is 0. The van der Waals surface area contributed by atoms with Crippen LogP contribution in [0.25, 0.3) is 0 Å². The van der Waals surface area contributed by atoms with Gasteiger partial charge >= 0.3 is 0 Å². The van der Waals surface area contributed by atoms with E-state index < -0.39 is 0 Å². The third-order valence-electron chi connectivity index (χ3n) is 5.86. The fourth-order valence-corrected chi connectivity index (χ4v) is 6.47. The van der Waals surface area contributed by atoms with Gasteiger partial charge in [-0.05, 0) is 60.7 Å². The van der Waals surface area contributed by atoms with Gasteiger partial charge in [0.05, 0.1) is 0 Å². The quantitative estimate of drug-likeness (QED) is 0.614. The largest absolute Gasteiger partial charge is 0.275 e. The molecular formula is C14H23OP. The molecule has 0 N–H and O–H groups in total. The molecule has 90 valence electrons. The van der Waals surface area contributed by atoms with E-state index in [2.05, 4.69) is 20.8 Å². The highest BCUT2D eigenvalue weighted by Crippen LogP contribution is 2.68. The van der Waals surface area contributed by atoms with Crippen LogP contribution in [-0.2, 0) is 4.57 Å². The van der Waals surface area contributed by atoms with Crippen molar-refractivity contribution in [1.29, 1.82) is 0 Å². The summed E-state index contributed by atoms with van der Waals surface area (Å²) in [6, 6.07) is 0. The van der Waals surface area contributed by atoms with Gasteiger partial charge < -0.3 is 0 Å². The van der Waals surface area contributed by atoms with E-state index in [1.165, 1.54) is 32.1 Å². The maximum Gasteiger partial charge on any atom is 0.159 e. The maximum absolute atomic E-state index is 11.6. The fourth-order valence-electron chi connectivity index (χ4n) is 5.26. The van der Waals surface area contributed by atoms with Gasteiger partial charge in [-0.2, -0.15) is 0 Å². The predicted molar refractivity (Wildman–Crippen MR) is 66.8 cm³/mol. The van der Waals surface area contributed by atoms with Gasteiger partial charge in [-0.25, -0.2) is 0 Å². The van der Waals surface area contributed by atoms with E-state index >= 15 is 0 Å². The molecule has 0 spiro atoms. The Kier molecular flexibility index (Phi) is 2.32. The molecule has 0 radical (unpaired) electrons. The van der Waals surface area contributed by atoms with Crippen LogP contribution in [-0.4, -0.2) is 5.66 Å². The zero-order valence-electron chi connectivity index (χ0n) is 10.7. The zero-order chi connectivity index (χ0) is 11.6. The molecule has 4 fully saturated rings. The predicted octanol–water partition coefficient (Wildman–Crippen LogP) is 4.52. The van der Waals surface area contributed by atoms with Gasteiger partial charge in [0.1, 0.15) is 0 Å². The Morgan fingerprint density at radius 1 is 1.06 bits per heavy atom. The van der Waals surface area contributed by atoms with Crippen molar-refractivity contribution in [2.24, 2.45) is 28.6 Å². The molecule has 0 aliphatic heterocycles. The molecule has 0 heterocycles. The first-order valence-corrected chi connectivity index (χ1v) is 7.67. The van der Waals surface area contributed by atoms with Crippen molar-refractivity contribution in [1.82, 2.24) is 0 Å². The van der Waals surface area contributed by atoms with Crippen LogP contribution in [0, 0.1) is 28.6 Å². The van der Waals surface area contributed by atoms with Crippen molar-refractivity contribution < 1.29 is 4.57 Å². The molecule has 0 amide bonds. The fraction of sp³-hybridized carbons (Fsp3) is 1.00. The van der Waals surface area contributed by atoms with Gasteiger partial charge in [-0.3, -0.25) is 4.57 Å². The second kappa shape index (κ2) is 3.31. The minimum atomic E-state index is 0.324. The van der Waals surface area contributed by atoms with Crippen molar-refractivity contribution >= 4 is 8.46 Å². The van der Waals surface area contributed by atoms with Crippen LogP contribution in [0.4, 0.5) is 0 Å². The summed E-state index contributed by atoms with van der Waals surface area (Å²) < 4.78 is 11.6. The van der Waals surface area contributed by atoms with Crippen molar-refractivity contribution in [3.05, 3.63) is 0 Å². The van der Waals surface area contributed by atoms with E-state index in [4.69, 9.17) is 0 Å². The molecule has 0 aromatic carbocycles. The molecule has 0 aromatic heterocycles. The van der Waals surface area contributed by atoms with Crippen LogP contribution in [0.15, 0.2) is 0 Å². The van der Waals surface area contributed by atoms with Gasteiger partial charge in [0, 0.05) is 5.66 Å². The Morgan fingerprint density at radius 2 is 1.62 bits per heavy atom. The minimum Gasteiger partial charge on any atom is -0.275 e. The van der Waals surface area contributed by atoms with Crippen molar-refractivity contribution in [2.45, 2.75) is 58.5 Å². The smallest absolute Gasteiger partial charge is 0.159 e. The van der Waals surface area contributed by atoms with E-state index in [0.29, 0.717) is 24.9 Å². The SMILES string of the molecule is CC(C)(C)C12CC3CC(CC(C3)C1P=O)C2. The van der Waals surface area contributed by atoms with Gasteiger partial charge in [-0.15, -0.1) is 0 Å². The number of rotatable bonds is 1. The van der Waals surface area contributed by atoms with Crippen LogP contribution in [0.1, 0.15) is 52.9 Å². The highest BCUT2D eigenvalue weighted by molar-refractivity contribution is 7.24. The second-order valence-corrected chi connectivity index (χ2v) is 8.33. The van der Waals surface area contributed by atoms with E-state index in [-0.39, 0.29) is 0 Å². The molecule has 4 rings (SSSR count). The van der Waals surface area contributed by atoms with E-state index in [0.717, 1.165) is 17.8 Å². The number of hydrogen-bond donors (Lipinski definition) is 0. The van der Waals surface area contributed by atoms with Gasteiger partial charge in [0.2, 0.25) is 0 Å². The van der Waals surface area contributed by atoms with Crippen LogP contribution in [0.5, 0.6) is 0 Å². The van der Waals surface area contributed by atoms with Crippen LogP contribution in [0.3, 0.4) is 0 Å². The molecule has 16 heavy (non-hydrogen) atoms.